The van der Waals surface area contributed by atoms with Gasteiger partial charge in [-0.2, -0.15) is 0 Å². The first-order valence-electron chi connectivity index (χ1n) is 6.81. The van der Waals surface area contributed by atoms with Gasteiger partial charge in [-0.3, -0.25) is 14.9 Å². The summed E-state index contributed by atoms with van der Waals surface area (Å²) in [5.74, 6) is -0.364. The maximum atomic E-state index is 12.0. The number of nitro benzene ring substituents is 1. The van der Waals surface area contributed by atoms with Gasteiger partial charge in [0.1, 0.15) is 6.33 Å². The molecule has 0 bridgehead atoms. The molecule has 0 spiro atoms. The summed E-state index contributed by atoms with van der Waals surface area (Å²) in [5, 5.41) is 22.1. The zero-order chi connectivity index (χ0) is 16.8. The smallest absolute Gasteiger partial charge is 0.284 e. The molecule has 0 saturated heterocycles. The molecule has 24 heavy (non-hydrogen) atoms. The number of nitrogens with zero attached hydrogens (tertiary/aromatic N) is 4. The second-order valence-corrected chi connectivity index (χ2v) is 5.67. The Morgan fingerprint density at radius 1 is 1.50 bits per heavy atom. The summed E-state index contributed by atoms with van der Waals surface area (Å²) in [6, 6.07) is 4.34. The molecule has 1 heterocycles. The summed E-state index contributed by atoms with van der Waals surface area (Å²) in [5.41, 5.74) is 5.44. The van der Waals surface area contributed by atoms with Crippen molar-refractivity contribution in [2.24, 2.45) is 12.8 Å². The summed E-state index contributed by atoms with van der Waals surface area (Å²) in [7, 11) is 1.74. The second kappa shape index (κ2) is 9.21. The van der Waals surface area contributed by atoms with Crippen molar-refractivity contribution in [3.05, 3.63) is 40.2 Å². The molecule has 11 heteroatoms. The molecule has 130 valence electrons. The van der Waals surface area contributed by atoms with E-state index < -0.39 is 4.92 Å². The van der Waals surface area contributed by atoms with Crippen molar-refractivity contribution in [3.63, 3.8) is 0 Å². The number of amides is 1. The van der Waals surface area contributed by atoms with Crippen LogP contribution in [0.1, 0.15) is 16.8 Å². The lowest BCUT2D eigenvalue weighted by molar-refractivity contribution is -0.387. The number of nitro groups is 1. The van der Waals surface area contributed by atoms with Gasteiger partial charge < -0.3 is 15.6 Å². The first kappa shape index (κ1) is 19.9. The number of benzene rings is 1. The minimum atomic E-state index is -0.518. The Kier molecular flexibility index (Phi) is 7.62. The quantitative estimate of drug-likeness (QED) is 0.426. The van der Waals surface area contributed by atoms with Crippen LogP contribution in [0.3, 0.4) is 0 Å². The topological polar surface area (TPSA) is 129 Å². The van der Waals surface area contributed by atoms with Crippen LogP contribution in [0, 0.1) is 10.1 Å². The monoisotopic (exact) mass is 372 g/mol. The van der Waals surface area contributed by atoms with Crippen LogP contribution in [0.5, 0.6) is 0 Å². The highest BCUT2D eigenvalue weighted by Crippen LogP contribution is 2.34. The Labute approximate surface area is 148 Å². The highest BCUT2D eigenvalue weighted by Gasteiger charge is 2.19. The molecule has 9 nitrogen and oxygen atoms in total. The Hall–Kier alpha value is -2.17. The summed E-state index contributed by atoms with van der Waals surface area (Å²) >= 11 is 1.12. The van der Waals surface area contributed by atoms with Gasteiger partial charge in [0.15, 0.2) is 5.16 Å². The van der Waals surface area contributed by atoms with E-state index in [2.05, 4.69) is 15.5 Å². The van der Waals surface area contributed by atoms with Gasteiger partial charge in [-0.1, -0.05) is 0 Å². The van der Waals surface area contributed by atoms with Crippen molar-refractivity contribution in [1.82, 2.24) is 20.1 Å². The molecular formula is C13H17ClN6O3S. The molecule has 1 aromatic carbocycles. The molecular weight excluding hydrogens is 356 g/mol. The molecule has 1 aromatic heterocycles. The highest BCUT2D eigenvalue weighted by atomic mass is 35.5. The largest absolute Gasteiger partial charge is 0.352 e. The predicted molar refractivity (Wildman–Crippen MR) is 91.5 cm³/mol. The number of halogens is 1. The van der Waals surface area contributed by atoms with E-state index in [1.54, 1.807) is 17.7 Å². The van der Waals surface area contributed by atoms with Gasteiger partial charge in [-0.25, -0.2) is 0 Å². The lowest BCUT2D eigenvalue weighted by atomic mass is 10.2. The number of hydrogen-bond donors (Lipinski definition) is 2. The highest BCUT2D eigenvalue weighted by molar-refractivity contribution is 7.99. The molecule has 0 unspecified atom stereocenters. The number of carbonyl (C=O) groups excluding carboxylic acids is 1. The number of aromatic nitrogens is 3. The molecule has 3 N–H and O–H groups in total. The third-order valence-corrected chi connectivity index (χ3v) is 4.07. The molecule has 1 amide bonds. The molecule has 0 atom stereocenters. The van der Waals surface area contributed by atoms with Gasteiger partial charge in [0.25, 0.3) is 11.6 Å². The van der Waals surface area contributed by atoms with Gasteiger partial charge in [0.2, 0.25) is 0 Å². The van der Waals surface area contributed by atoms with Crippen LogP contribution in [-0.4, -0.2) is 38.7 Å². The molecule has 0 saturated carbocycles. The van der Waals surface area contributed by atoms with Crippen LogP contribution in [0.25, 0.3) is 0 Å². The number of hydrogen-bond acceptors (Lipinski definition) is 7. The van der Waals surface area contributed by atoms with Crippen molar-refractivity contribution in [2.45, 2.75) is 16.5 Å². The predicted octanol–water partition coefficient (Wildman–Crippen LogP) is 1.37. The third-order valence-electron chi connectivity index (χ3n) is 2.96. The molecule has 2 aromatic rings. The average molecular weight is 373 g/mol. The van der Waals surface area contributed by atoms with Crippen molar-refractivity contribution in [1.29, 1.82) is 0 Å². The van der Waals surface area contributed by atoms with E-state index in [-0.39, 0.29) is 29.6 Å². The third kappa shape index (κ3) is 4.91. The van der Waals surface area contributed by atoms with Gasteiger partial charge in [0, 0.05) is 25.2 Å². The van der Waals surface area contributed by atoms with E-state index >= 15 is 0 Å². The molecule has 0 aliphatic heterocycles. The number of rotatable bonds is 7. The van der Waals surface area contributed by atoms with E-state index in [1.165, 1.54) is 18.5 Å². The fraction of sp³-hybridized carbons (Fsp3) is 0.308. The molecule has 0 aliphatic carbocycles. The fourth-order valence-corrected chi connectivity index (χ4v) is 2.61. The Morgan fingerprint density at radius 3 is 2.83 bits per heavy atom. The normalized spacial score (nSPS) is 10.1. The zero-order valence-electron chi connectivity index (χ0n) is 12.8. The van der Waals surface area contributed by atoms with Crippen molar-refractivity contribution in [2.75, 3.05) is 13.1 Å². The number of nitrogens with two attached hydrogens (primary N) is 1. The van der Waals surface area contributed by atoms with E-state index in [4.69, 9.17) is 5.73 Å². The van der Waals surface area contributed by atoms with Crippen LogP contribution in [0.15, 0.2) is 34.6 Å². The van der Waals surface area contributed by atoms with Gasteiger partial charge >= 0.3 is 0 Å². The molecule has 0 radical (unpaired) electrons. The Balaban J connectivity index is 0.00000288. The first-order chi connectivity index (χ1) is 11.0. The van der Waals surface area contributed by atoms with Crippen molar-refractivity contribution in [3.8, 4) is 0 Å². The van der Waals surface area contributed by atoms with Gasteiger partial charge in [-0.15, -0.1) is 22.6 Å². The second-order valence-electron chi connectivity index (χ2n) is 4.66. The number of aryl methyl sites for hydroxylation is 1. The lowest BCUT2D eigenvalue weighted by Gasteiger charge is -2.06. The fourth-order valence-electron chi connectivity index (χ4n) is 1.76. The number of nitrogens with one attached hydrogen (secondary N) is 1. The lowest BCUT2D eigenvalue weighted by Crippen LogP contribution is -2.26. The zero-order valence-corrected chi connectivity index (χ0v) is 14.5. The average Bonchev–Trinajstić information content (AvgIpc) is 2.92. The summed E-state index contributed by atoms with van der Waals surface area (Å²) in [4.78, 5) is 23.1. The van der Waals surface area contributed by atoms with Crippen LogP contribution in [0.2, 0.25) is 0 Å². The minimum absolute atomic E-state index is 0. The first-order valence-corrected chi connectivity index (χ1v) is 7.63. The Morgan fingerprint density at radius 2 is 2.25 bits per heavy atom. The van der Waals surface area contributed by atoms with E-state index in [1.807, 2.05) is 0 Å². The SMILES string of the molecule is Cl.Cn1cnnc1Sc1ccc(C(=O)NCCCN)cc1[N+](=O)[O-]. The molecule has 0 aliphatic rings. The summed E-state index contributed by atoms with van der Waals surface area (Å²) < 4.78 is 1.65. The standard InChI is InChI=1S/C13H16N6O3S.ClH/c1-18-8-16-17-13(18)23-11-4-3-9(7-10(11)19(21)22)12(20)15-6-2-5-14;/h3-4,7-8H,2,5-6,14H2,1H3,(H,15,20);1H. The molecule has 2 rings (SSSR count). The van der Waals surface area contributed by atoms with Crippen molar-refractivity contribution >= 4 is 35.8 Å². The number of carbonyl (C=O) groups is 1. The molecule has 0 fully saturated rings. The maximum absolute atomic E-state index is 12.0. The van der Waals surface area contributed by atoms with E-state index in [0.29, 0.717) is 29.6 Å². The van der Waals surface area contributed by atoms with Crippen molar-refractivity contribution < 1.29 is 9.72 Å². The van der Waals surface area contributed by atoms with Crippen LogP contribution < -0.4 is 11.1 Å². The Bertz CT molecular complexity index is 723. The maximum Gasteiger partial charge on any atom is 0.284 e. The summed E-state index contributed by atoms with van der Waals surface area (Å²) in [6.45, 7) is 0.895. The van der Waals surface area contributed by atoms with Crippen LogP contribution >= 0.6 is 24.2 Å². The summed E-state index contributed by atoms with van der Waals surface area (Å²) in [6.07, 6.45) is 2.15. The van der Waals surface area contributed by atoms with Crippen LogP contribution in [-0.2, 0) is 7.05 Å². The van der Waals surface area contributed by atoms with E-state index in [9.17, 15) is 14.9 Å². The van der Waals surface area contributed by atoms with Crippen LogP contribution in [0.4, 0.5) is 5.69 Å². The van der Waals surface area contributed by atoms with E-state index in [0.717, 1.165) is 11.8 Å². The minimum Gasteiger partial charge on any atom is -0.352 e. The van der Waals surface area contributed by atoms with Gasteiger partial charge in [0.05, 0.1) is 9.82 Å². The van der Waals surface area contributed by atoms with Gasteiger partial charge in [-0.05, 0) is 36.9 Å².